The van der Waals surface area contributed by atoms with E-state index in [-0.39, 0.29) is 24.2 Å². The van der Waals surface area contributed by atoms with E-state index >= 15 is 0 Å². The molecule has 1 atom stereocenters. The second-order valence-corrected chi connectivity index (χ2v) is 5.68. The van der Waals surface area contributed by atoms with Gasteiger partial charge >= 0.3 is 0 Å². The van der Waals surface area contributed by atoms with Crippen molar-refractivity contribution in [3.63, 3.8) is 0 Å². The van der Waals surface area contributed by atoms with Crippen LogP contribution in [0.3, 0.4) is 0 Å². The van der Waals surface area contributed by atoms with Crippen molar-refractivity contribution in [1.29, 1.82) is 0 Å². The van der Waals surface area contributed by atoms with Crippen molar-refractivity contribution in [2.75, 3.05) is 13.1 Å². The van der Waals surface area contributed by atoms with Crippen molar-refractivity contribution in [3.8, 4) is 0 Å². The zero-order valence-corrected chi connectivity index (χ0v) is 12.5. The largest absolute Gasteiger partial charge is 0.350 e. The number of hydrogen-bond acceptors (Lipinski definition) is 4. The lowest BCUT2D eigenvalue weighted by Gasteiger charge is -2.23. The molecule has 0 radical (unpaired) electrons. The Balaban J connectivity index is 0.00000147. The number of carbonyl (C=O) groups is 1. The van der Waals surface area contributed by atoms with Gasteiger partial charge in [-0.2, -0.15) is 0 Å². The number of halogens is 1. The Hall–Kier alpha value is -1.20. The summed E-state index contributed by atoms with van der Waals surface area (Å²) in [7, 11) is 0. The van der Waals surface area contributed by atoms with Gasteiger partial charge in [0.05, 0.1) is 12.2 Å². The molecule has 20 heavy (non-hydrogen) atoms. The topological polar surface area (TPSA) is 66.9 Å². The average Bonchev–Trinajstić information content (AvgIpc) is 3.10. The summed E-state index contributed by atoms with van der Waals surface area (Å²) in [6.45, 7) is 4.47. The SMILES string of the molecule is Cc1nccc(CNC(=O)C2CC23CCNCC3)n1.Cl. The summed E-state index contributed by atoms with van der Waals surface area (Å²) in [6, 6.07) is 1.85. The van der Waals surface area contributed by atoms with Crippen LogP contribution >= 0.6 is 12.4 Å². The quantitative estimate of drug-likeness (QED) is 0.880. The highest BCUT2D eigenvalue weighted by atomic mass is 35.5. The van der Waals surface area contributed by atoms with E-state index in [4.69, 9.17) is 0 Å². The van der Waals surface area contributed by atoms with Crippen LogP contribution in [0.4, 0.5) is 0 Å². The summed E-state index contributed by atoms with van der Waals surface area (Å²) < 4.78 is 0. The number of amides is 1. The number of aryl methyl sites for hydroxylation is 1. The highest BCUT2D eigenvalue weighted by molar-refractivity contribution is 5.85. The Morgan fingerprint density at radius 2 is 2.25 bits per heavy atom. The van der Waals surface area contributed by atoms with Crippen molar-refractivity contribution in [3.05, 3.63) is 23.8 Å². The number of piperidine rings is 1. The van der Waals surface area contributed by atoms with Crippen LogP contribution in [-0.2, 0) is 11.3 Å². The number of aromatic nitrogens is 2. The highest BCUT2D eigenvalue weighted by Crippen LogP contribution is 2.58. The minimum Gasteiger partial charge on any atom is -0.350 e. The van der Waals surface area contributed by atoms with Gasteiger partial charge in [0.25, 0.3) is 0 Å². The van der Waals surface area contributed by atoms with Gasteiger partial charge < -0.3 is 10.6 Å². The summed E-state index contributed by atoms with van der Waals surface area (Å²) in [5.74, 6) is 1.16. The molecule has 1 spiro atoms. The average molecular weight is 297 g/mol. The molecule has 1 amide bonds. The fourth-order valence-electron chi connectivity index (χ4n) is 3.10. The molecule has 1 saturated heterocycles. The molecular formula is C14H21ClN4O. The van der Waals surface area contributed by atoms with Crippen LogP contribution < -0.4 is 10.6 Å². The summed E-state index contributed by atoms with van der Waals surface area (Å²) in [5.41, 5.74) is 1.18. The second kappa shape index (κ2) is 6.06. The molecule has 2 heterocycles. The predicted octanol–water partition coefficient (Wildman–Crippen LogP) is 1.21. The molecule has 2 aliphatic rings. The lowest BCUT2D eigenvalue weighted by molar-refractivity contribution is -0.123. The Labute approximate surface area is 125 Å². The van der Waals surface area contributed by atoms with Crippen LogP contribution in [-0.4, -0.2) is 29.0 Å². The molecule has 0 aromatic carbocycles. The molecule has 110 valence electrons. The van der Waals surface area contributed by atoms with E-state index in [0.717, 1.165) is 43.9 Å². The van der Waals surface area contributed by atoms with E-state index in [0.29, 0.717) is 12.0 Å². The van der Waals surface area contributed by atoms with Crippen molar-refractivity contribution in [2.24, 2.45) is 11.3 Å². The summed E-state index contributed by atoms with van der Waals surface area (Å²) in [6.07, 6.45) is 5.06. The fraction of sp³-hybridized carbons (Fsp3) is 0.643. The molecule has 2 N–H and O–H groups in total. The smallest absolute Gasteiger partial charge is 0.224 e. The monoisotopic (exact) mass is 296 g/mol. The number of nitrogens with zero attached hydrogens (tertiary/aromatic N) is 2. The second-order valence-electron chi connectivity index (χ2n) is 5.68. The Kier molecular flexibility index (Phi) is 4.60. The molecular weight excluding hydrogens is 276 g/mol. The maximum absolute atomic E-state index is 12.2. The first-order valence-corrected chi connectivity index (χ1v) is 6.97. The lowest BCUT2D eigenvalue weighted by Crippen LogP contribution is -2.33. The van der Waals surface area contributed by atoms with Gasteiger partial charge in [0.15, 0.2) is 0 Å². The number of carbonyl (C=O) groups excluding carboxylic acids is 1. The maximum atomic E-state index is 12.2. The minimum absolute atomic E-state index is 0. The van der Waals surface area contributed by atoms with E-state index in [1.807, 2.05) is 13.0 Å². The molecule has 1 aromatic heterocycles. The van der Waals surface area contributed by atoms with E-state index < -0.39 is 0 Å². The summed E-state index contributed by atoms with van der Waals surface area (Å²) >= 11 is 0. The normalized spacial score (nSPS) is 22.9. The number of nitrogens with one attached hydrogen (secondary N) is 2. The van der Waals surface area contributed by atoms with Gasteiger partial charge in [-0.3, -0.25) is 4.79 Å². The molecule has 3 rings (SSSR count). The molecule has 1 saturated carbocycles. The third-order valence-electron chi connectivity index (χ3n) is 4.38. The van der Waals surface area contributed by atoms with Crippen molar-refractivity contribution in [1.82, 2.24) is 20.6 Å². The van der Waals surface area contributed by atoms with Crippen molar-refractivity contribution < 1.29 is 4.79 Å². The molecule has 6 heteroatoms. The molecule has 1 aliphatic carbocycles. The first-order valence-electron chi connectivity index (χ1n) is 6.97. The standard InChI is InChI=1S/C14H20N4O.ClH/c1-10-16-5-2-11(18-10)9-17-13(19)12-8-14(12)3-6-15-7-4-14;/h2,5,12,15H,3-4,6-9H2,1H3,(H,17,19);1H. The van der Waals surface area contributed by atoms with E-state index in [1.54, 1.807) is 6.20 Å². The maximum Gasteiger partial charge on any atom is 0.224 e. The first-order chi connectivity index (χ1) is 9.20. The Morgan fingerprint density at radius 1 is 1.50 bits per heavy atom. The first kappa shape index (κ1) is 15.2. The molecule has 1 unspecified atom stereocenters. The third-order valence-corrected chi connectivity index (χ3v) is 4.38. The summed E-state index contributed by atoms with van der Waals surface area (Å²) in [4.78, 5) is 20.5. The van der Waals surface area contributed by atoms with Crippen LogP contribution in [0.15, 0.2) is 12.3 Å². The zero-order chi connectivity index (χ0) is 13.3. The molecule has 2 fully saturated rings. The number of hydrogen-bond donors (Lipinski definition) is 2. The van der Waals surface area contributed by atoms with Crippen LogP contribution in [0.1, 0.15) is 30.8 Å². The zero-order valence-electron chi connectivity index (χ0n) is 11.7. The Bertz CT molecular complexity index is 488. The van der Waals surface area contributed by atoms with Gasteiger partial charge in [-0.1, -0.05) is 0 Å². The molecule has 1 aliphatic heterocycles. The van der Waals surface area contributed by atoms with Gasteiger partial charge in [0, 0.05) is 12.1 Å². The lowest BCUT2D eigenvalue weighted by atomic mass is 9.92. The van der Waals surface area contributed by atoms with Crippen LogP contribution in [0.25, 0.3) is 0 Å². The van der Waals surface area contributed by atoms with E-state index in [2.05, 4.69) is 20.6 Å². The minimum atomic E-state index is 0. The molecule has 5 nitrogen and oxygen atoms in total. The van der Waals surface area contributed by atoms with Crippen LogP contribution in [0, 0.1) is 18.3 Å². The van der Waals surface area contributed by atoms with E-state index in [9.17, 15) is 4.79 Å². The van der Waals surface area contributed by atoms with Crippen LogP contribution in [0.2, 0.25) is 0 Å². The highest BCUT2D eigenvalue weighted by Gasteiger charge is 2.57. The predicted molar refractivity (Wildman–Crippen MR) is 78.5 cm³/mol. The molecule has 1 aromatic rings. The molecule has 0 bridgehead atoms. The van der Waals surface area contributed by atoms with Crippen LogP contribution in [0.5, 0.6) is 0 Å². The van der Waals surface area contributed by atoms with Gasteiger partial charge in [0.2, 0.25) is 5.91 Å². The van der Waals surface area contributed by atoms with Gasteiger partial charge in [0.1, 0.15) is 5.82 Å². The van der Waals surface area contributed by atoms with Gasteiger partial charge in [-0.15, -0.1) is 12.4 Å². The summed E-state index contributed by atoms with van der Waals surface area (Å²) in [5, 5.41) is 6.37. The number of rotatable bonds is 3. The van der Waals surface area contributed by atoms with Crippen molar-refractivity contribution in [2.45, 2.75) is 32.7 Å². The van der Waals surface area contributed by atoms with Crippen molar-refractivity contribution >= 4 is 18.3 Å². The van der Waals surface area contributed by atoms with Gasteiger partial charge in [-0.05, 0) is 50.8 Å². The van der Waals surface area contributed by atoms with Gasteiger partial charge in [-0.25, -0.2) is 9.97 Å². The van der Waals surface area contributed by atoms with E-state index in [1.165, 1.54) is 0 Å². The Morgan fingerprint density at radius 3 is 2.95 bits per heavy atom. The fourth-order valence-corrected chi connectivity index (χ4v) is 3.10. The third kappa shape index (κ3) is 3.10.